The van der Waals surface area contributed by atoms with Crippen LogP contribution in [0, 0.1) is 5.82 Å². The van der Waals surface area contributed by atoms with E-state index in [0.29, 0.717) is 29.7 Å². The first kappa shape index (κ1) is 23.0. The fraction of sp³-hybridized carbons (Fsp3) is 0.143. The molecule has 0 aromatic heterocycles. The van der Waals surface area contributed by atoms with Crippen molar-refractivity contribution >= 4 is 51.5 Å². The first-order chi connectivity index (χ1) is 13.0. The summed E-state index contributed by atoms with van der Waals surface area (Å²) >= 11 is 15.6. The van der Waals surface area contributed by atoms with Crippen molar-refractivity contribution in [1.82, 2.24) is 5.32 Å². The van der Waals surface area contributed by atoms with Gasteiger partial charge in [-0.25, -0.2) is 4.39 Å². The quantitative estimate of drug-likeness (QED) is 0.367. The summed E-state index contributed by atoms with van der Waals surface area (Å²) < 4.78 is 19.9. The van der Waals surface area contributed by atoms with Crippen LogP contribution in [0.5, 0.6) is 5.75 Å². The van der Waals surface area contributed by atoms with Gasteiger partial charge in [0.15, 0.2) is 0 Å². The third kappa shape index (κ3) is 6.64. The fourth-order valence-corrected chi connectivity index (χ4v) is 3.44. The van der Waals surface area contributed by atoms with Crippen LogP contribution in [0.4, 0.5) is 4.39 Å². The molecular weight excluding hydrogens is 487 g/mol. The van der Waals surface area contributed by atoms with Gasteiger partial charge in [0.1, 0.15) is 18.2 Å². The molecule has 0 saturated carbocycles. The first-order valence-electron chi connectivity index (χ1n) is 8.31. The van der Waals surface area contributed by atoms with Gasteiger partial charge in [0.2, 0.25) is 0 Å². The van der Waals surface area contributed by atoms with Crippen LogP contribution in [0.25, 0.3) is 0 Å². The minimum Gasteiger partial charge on any atom is -0.489 e. The highest BCUT2D eigenvalue weighted by atomic mass is 79.9. The Hall–Kier alpha value is -1.30. The van der Waals surface area contributed by atoms with Crippen LogP contribution >= 0.6 is 51.5 Å². The van der Waals surface area contributed by atoms with Crippen LogP contribution in [-0.2, 0) is 19.7 Å². The van der Waals surface area contributed by atoms with Crippen molar-refractivity contribution in [2.45, 2.75) is 19.7 Å². The fourth-order valence-electron chi connectivity index (χ4n) is 2.56. The van der Waals surface area contributed by atoms with E-state index >= 15 is 0 Å². The molecule has 0 bridgehead atoms. The number of rotatable bonds is 7. The van der Waals surface area contributed by atoms with Gasteiger partial charge in [-0.2, -0.15) is 0 Å². The maximum absolute atomic E-state index is 13.0. The lowest BCUT2D eigenvalue weighted by molar-refractivity contribution is 0.302. The minimum atomic E-state index is -0.234. The molecule has 0 saturated heterocycles. The normalized spacial score (nSPS) is 10.4. The van der Waals surface area contributed by atoms with Crippen molar-refractivity contribution in [3.8, 4) is 5.75 Å². The summed E-state index contributed by atoms with van der Waals surface area (Å²) in [7, 11) is 0. The standard InChI is InChI=1S/C21H17BrCl2FNO.ClH/c22-17-4-8-21(27-13-15-3-5-18(23)10-20(15)24)16(9-17)12-26-11-14-1-6-19(25)7-2-14;/h1-10,26H,11-13H2;1H. The van der Waals surface area contributed by atoms with E-state index in [-0.39, 0.29) is 18.2 Å². The van der Waals surface area contributed by atoms with E-state index in [2.05, 4.69) is 21.2 Å². The van der Waals surface area contributed by atoms with Gasteiger partial charge in [-0.15, -0.1) is 12.4 Å². The predicted molar refractivity (Wildman–Crippen MR) is 119 cm³/mol. The van der Waals surface area contributed by atoms with E-state index in [1.165, 1.54) is 12.1 Å². The molecule has 0 spiro atoms. The number of benzene rings is 3. The Labute approximate surface area is 188 Å². The number of nitrogens with one attached hydrogen (secondary N) is 1. The van der Waals surface area contributed by atoms with Crippen LogP contribution in [0.2, 0.25) is 10.0 Å². The second-order valence-corrected chi connectivity index (χ2v) is 7.77. The van der Waals surface area contributed by atoms with Gasteiger partial charge in [-0.3, -0.25) is 0 Å². The van der Waals surface area contributed by atoms with Gasteiger partial charge in [0.05, 0.1) is 0 Å². The van der Waals surface area contributed by atoms with Crippen molar-refractivity contribution in [3.63, 3.8) is 0 Å². The van der Waals surface area contributed by atoms with E-state index in [9.17, 15) is 4.39 Å². The summed E-state index contributed by atoms with van der Waals surface area (Å²) in [6.07, 6.45) is 0. The van der Waals surface area contributed by atoms with Crippen LogP contribution < -0.4 is 10.1 Å². The molecule has 0 aliphatic rings. The average molecular weight is 506 g/mol. The van der Waals surface area contributed by atoms with Crippen LogP contribution in [-0.4, -0.2) is 0 Å². The lowest BCUT2D eigenvalue weighted by atomic mass is 10.1. The monoisotopic (exact) mass is 503 g/mol. The third-order valence-corrected chi connectivity index (χ3v) is 5.06. The topological polar surface area (TPSA) is 21.3 Å². The molecule has 1 N–H and O–H groups in total. The van der Waals surface area contributed by atoms with E-state index in [1.54, 1.807) is 24.3 Å². The Bertz CT molecular complexity index is 922. The molecule has 0 heterocycles. The van der Waals surface area contributed by atoms with Gasteiger partial charge in [0, 0.05) is 38.7 Å². The van der Waals surface area contributed by atoms with Crippen molar-refractivity contribution in [2.75, 3.05) is 0 Å². The van der Waals surface area contributed by atoms with Crippen molar-refractivity contribution < 1.29 is 9.13 Å². The summed E-state index contributed by atoms with van der Waals surface area (Å²) in [5.41, 5.74) is 2.90. The van der Waals surface area contributed by atoms with Crippen LogP contribution in [0.3, 0.4) is 0 Å². The highest BCUT2D eigenvalue weighted by molar-refractivity contribution is 9.10. The smallest absolute Gasteiger partial charge is 0.124 e. The number of hydrogen-bond donors (Lipinski definition) is 1. The van der Waals surface area contributed by atoms with E-state index in [0.717, 1.165) is 26.9 Å². The molecule has 2 nitrogen and oxygen atoms in total. The molecule has 0 radical (unpaired) electrons. The predicted octanol–water partition coefficient (Wildman–Crippen LogP) is 7.19. The molecule has 3 rings (SSSR count). The summed E-state index contributed by atoms with van der Waals surface area (Å²) in [6, 6.07) is 17.7. The molecular formula is C21H18BrCl3FNO. The number of halogens is 5. The van der Waals surface area contributed by atoms with Crippen molar-refractivity contribution in [1.29, 1.82) is 0 Å². The molecule has 3 aromatic carbocycles. The largest absolute Gasteiger partial charge is 0.489 e. The van der Waals surface area contributed by atoms with Gasteiger partial charge in [0.25, 0.3) is 0 Å². The Morgan fingerprint density at radius 2 is 1.64 bits per heavy atom. The third-order valence-electron chi connectivity index (χ3n) is 3.98. The zero-order valence-electron chi connectivity index (χ0n) is 14.7. The summed E-state index contributed by atoms with van der Waals surface area (Å²) in [4.78, 5) is 0. The molecule has 0 aliphatic heterocycles. The SMILES string of the molecule is Cl.Fc1ccc(CNCc2cc(Br)ccc2OCc2ccc(Cl)cc2Cl)cc1. The Morgan fingerprint density at radius 3 is 2.36 bits per heavy atom. The second-order valence-electron chi connectivity index (χ2n) is 6.01. The summed E-state index contributed by atoms with van der Waals surface area (Å²) in [6.45, 7) is 1.60. The lowest BCUT2D eigenvalue weighted by Crippen LogP contribution is -2.13. The van der Waals surface area contributed by atoms with Gasteiger partial charge >= 0.3 is 0 Å². The summed E-state index contributed by atoms with van der Waals surface area (Å²) in [5, 5.41) is 4.53. The van der Waals surface area contributed by atoms with Gasteiger partial charge in [-0.1, -0.05) is 57.3 Å². The Balaban J connectivity index is 0.00000280. The number of ether oxygens (including phenoxy) is 1. The van der Waals surface area contributed by atoms with Gasteiger partial charge in [-0.05, 0) is 48.0 Å². The van der Waals surface area contributed by atoms with Crippen LogP contribution in [0.15, 0.2) is 65.1 Å². The Morgan fingerprint density at radius 1 is 0.893 bits per heavy atom. The Kier molecular flexibility index (Phi) is 9.06. The number of hydrogen-bond acceptors (Lipinski definition) is 2. The zero-order valence-corrected chi connectivity index (χ0v) is 18.6. The average Bonchev–Trinajstić information content (AvgIpc) is 2.64. The molecule has 0 aliphatic carbocycles. The van der Waals surface area contributed by atoms with E-state index in [1.807, 2.05) is 24.3 Å². The maximum Gasteiger partial charge on any atom is 0.124 e. The van der Waals surface area contributed by atoms with Gasteiger partial charge < -0.3 is 10.1 Å². The molecule has 3 aromatic rings. The van der Waals surface area contributed by atoms with Crippen molar-refractivity contribution in [3.05, 3.63) is 97.7 Å². The molecule has 0 atom stereocenters. The van der Waals surface area contributed by atoms with Crippen molar-refractivity contribution in [2.24, 2.45) is 0 Å². The molecule has 28 heavy (non-hydrogen) atoms. The molecule has 0 amide bonds. The molecule has 0 unspecified atom stereocenters. The molecule has 0 fully saturated rings. The highest BCUT2D eigenvalue weighted by Gasteiger charge is 2.08. The van der Waals surface area contributed by atoms with E-state index in [4.69, 9.17) is 27.9 Å². The lowest BCUT2D eigenvalue weighted by Gasteiger charge is -2.14. The van der Waals surface area contributed by atoms with Crippen LogP contribution in [0.1, 0.15) is 16.7 Å². The molecule has 148 valence electrons. The highest BCUT2D eigenvalue weighted by Crippen LogP contribution is 2.26. The maximum atomic E-state index is 13.0. The molecule has 7 heteroatoms. The second kappa shape index (κ2) is 11.0. The minimum absolute atomic E-state index is 0. The first-order valence-corrected chi connectivity index (χ1v) is 9.86. The van der Waals surface area contributed by atoms with E-state index < -0.39 is 0 Å². The zero-order chi connectivity index (χ0) is 19.2. The summed E-state index contributed by atoms with van der Waals surface area (Å²) in [5.74, 6) is 0.540.